The summed E-state index contributed by atoms with van der Waals surface area (Å²) < 4.78 is 12.6. The van der Waals surface area contributed by atoms with E-state index in [0.29, 0.717) is 34.7 Å². The first-order chi connectivity index (χ1) is 18.0. The van der Waals surface area contributed by atoms with Gasteiger partial charge in [0.1, 0.15) is 17.2 Å². The molecule has 0 saturated carbocycles. The van der Waals surface area contributed by atoms with Crippen LogP contribution in [-0.4, -0.2) is 57.0 Å². The fraction of sp³-hybridized carbons (Fsp3) is 0.222. The van der Waals surface area contributed by atoms with Gasteiger partial charge >= 0.3 is 0 Å². The molecule has 10 heteroatoms. The molecule has 1 saturated heterocycles. The normalized spacial score (nSPS) is 15.5. The molecule has 10 nitrogen and oxygen atoms in total. The summed E-state index contributed by atoms with van der Waals surface area (Å²) in [6.45, 7) is 0.142. The van der Waals surface area contributed by atoms with Gasteiger partial charge in [-0.15, -0.1) is 5.10 Å². The molecule has 0 atom stereocenters. The molecule has 3 amide bonds. The third kappa shape index (κ3) is 3.77. The van der Waals surface area contributed by atoms with E-state index in [-0.39, 0.29) is 37.1 Å². The van der Waals surface area contributed by atoms with Crippen LogP contribution < -0.4 is 9.47 Å². The lowest BCUT2D eigenvalue weighted by atomic mass is 10.0. The van der Waals surface area contributed by atoms with Crippen molar-refractivity contribution in [2.75, 3.05) is 14.2 Å². The number of imide groups is 1. The highest BCUT2D eigenvalue weighted by atomic mass is 16.5. The Morgan fingerprint density at radius 1 is 0.838 bits per heavy atom. The zero-order chi connectivity index (χ0) is 25.7. The van der Waals surface area contributed by atoms with Crippen molar-refractivity contribution in [2.45, 2.75) is 25.8 Å². The smallest absolute Gasteiger partial charge is 0.273 e. The van der Waals surface area contributed by atoms with Gasteiger partial charge in [0.25, 0.3) is 5.91 Å². The molecule has 2 aliphatic heterocycles. The molecule has 4 aromatic rings. The highest BCUT2D eigenvalue weighted by Crippen LogP contribution is 2.35. The van der Waals surface area contributed by atoms with Crippen LogP contribution in [-0.2, 0) is 16.1 Å². The van der Waals surface area contributed by atoms with Crippen molar-refractivity contribution in [3.05, 3.63) is 65.9 Å². The standard InChI is InChI=1S/C27H23N5O5/c1-36-20-8-6-16-12-22(24(37-2)13-17(16)11-20)23-15-30(29-28-23)19-7-9-21-18(10-19)14-31(27(21)35)32-25(33)4-3-5-26(32)34/h6-13,15H,3-5,14H2,1-2H3. The predicted molar refractivity (Wildman–Crippen MR) is 133 cm³/mol. The summed E-state index contributed by atoms with van der Waals surface area (Å²) in [4.78, 5) is 37.7. The number of hydrogen-bond acceptors (Lipinski definition) is 7. The number of fused-ring (bicyclic) bond motifs is 2. The van der Waals surface area contributed by atoms with E-state index in [2.05, 4.69) is 10.3 Å². The second kappa shape index (κ2) is 8.74. The number of hydrazine groups is 1. The van der Waals surface area contributed by atoms with Gasteiger partial charge in [-0.25, -0.2) is 9.69 Å². The first kappa shape index (κ1) is 22.7. The largest absolute Gasteiger partial charge is 0.497 e. The topological polar surface area (TPSA) is 107 Å². The molecule has 1 fully saturated rings. The quantitative estimate of drug-likeness (QED) is 0.388. The molecule has 2 aliphatic rings. The van der Waals surface area contributed by atoms with E-state index in [1.807, 2.05) is 36.4 Å². The van der Waals surface area contributed by atoms with Gasteiger partial charge in [0.05, 0.1) is 32.6 Å². The van der Waals surface area contributed by atoms with Gasteiger partial charge in [-0.2, -0.15) is 5.01 Å². The molecule has 186 valence electrons. The minimum Gasteiger partial charge on any atom is -0.497 e. The predicted octanol–water partition coefficient (Wildman–Crippen LogP) is 3.51. The summed E-state index contributed by atoms with van der Waals surface area (Å²) in [7, 11) is 3.24. The molecule has 0 bridgehead atoms. The van der Waals surface area contributed by atoms with Crippen molar-refractivity contribution in [2.24, 2.45) is 0 Å². The number of methoxy groups -OCH3 is 2. The summed E-state index contributed by atoms with van der Waals surface area (Å²) in [5.41, 5.74) is 3.28. The lowest BCUT2D eigenvalue weighted by molar-refractivity contribution is -0.163. The van der Waals surface area contributed by atoms with Crippen molar-refractivity contribution in [1.82, 2.24) is 25.0 Å². The molecule has 0 unspecified atom stereocenters. The number of hydrogen-bond donors (Lipinski definition) is 0. The van der Waals surface area contributed by atoms with E-state index >= 15 is 0 Å². The minimum atomic E-state index is -0.359. The third-order valence-corrected chi connectivity index (χ3v) is 6.77. The van der Waals surface area contributed by atoms with Gasteiger partial charge in [0.15, 0.2) is 0 Å². The fourth-order valence-corrected chi connectivity index (χ4v) is 4.87. The van der Waals surface area contributed by atoms with E-state index in [1.54, 1.807) is 37.2 Å². The van der Waals surface area contributed by atoms with E-state index in [0.717, 1.165) is 27.1 Å². The monoisotopic (exact) mass is 497 g/mol. The van der Waals surface area contributed by atoms with Crippen molar-refractivity contribution in [3.8, 4) is 28.4 Å². The number of nitrogens with zero attached hydrogens (tertiary/aromatic N) is 5. The van der Waals surface area contributed by atoms with Gasteiger partial charge in [-0.1, -0.05) is 11.3 Å². The molecule has 37 heavy (non-hydrogen) atoms. The molecular weight excluding hydrogens is 474 g/mol. The maximum absolute atomic E-state index is 13.0. The lowest BCUT2D eigenvalue weighted by Crippen LogP contribution is -2.51. The number of benzene rings is 3. The number of carbonyl (C=O) groups is 3. The molecule has 0 aliphatic carbocycles. The number of carbonyl (C=O) groups excluding carboxylic acids is 3. The highest BCUT2D eigenvalue weighted by molar-refractivity contribution is 6.04. The fourth-order valence-electron chi connectivity index (χ4n) is 4.87. The van der Waals surface area contributed by atoms with Gasteiger partial charge in [-0.05, 0) is 65.2 Å². The van der Waals surface area contributed by atoms with Crippen LogP contribution in [0, 0.1) is 0 Å². The van der Waals surface area contributed by atoms with Gasteiger partial charge < -0.3 is 9.47 Å². The van der Waals surface area contributed by atoms with Crippen LogP contribution in [0.25, 0.3) is 27.7 Å². The van der Waals surface area contributed by atoms with Crippen molar-refractivity contribution < 1.29 is 23.9 Å². The zero-order valence-electron chi connectivity index (χ0n) is 20.3. The van der Waals surface area contributed by atoms with Crippen LogP contribution in [0.3, 0.4) is 0 Å². The Morgan fingerprint density at radius 2 is 1.65 bits per heavy atom. The van der Waals surface area contributed by atoms with E-state index in [4.69, 9.17) is 9.47 Å². The zero-order valence-corrected chi connectivity index (χ0v) is 20.3. The van der Waals surface area contributed by atoms with E-state index in [1.165, 1.54) is 5.01 Å². The van der Waals surface area contributed by atoms with Gasteiger partial charge in [0, 0.05) is 24.0 Å². The molecule has 3 aromatic carbocycles. The first-order valence-electron chi connectivity index (χ1n) is 11.9. The van der Waals surface area contributed by atoms with E-state index < -0.39 is 0 Å². The van der Waals surface area contributed by atoms with Gasteiger partial charge in [-0.3, -0.25) is 14.4 Å². The van der Waals surface area contributed by atoms with Crippen LogP contribution in [0.1, 0.15) is 35.2 Å². The molecule has 0 spiro atoms. The SMILES string of the molecule is COc1ccc2cc(-c3cn(-c4ccc5c(c4)CN(N4C(=O)CCCC4=O)C5=O)nn3)c(OC)cc2c1. The molecule has 6 rings (SSSR count). The second-order valence-corrected chi connectivity index (χ2v) is 8.97. The molecule has 3 heterocycles. The minimum absolute atomic E-state index is 0.142. The average Bonchev–Trinajstić information content (AvgIpc) is 3.52. The number of rotatable bonds is 5. The third-order valence-electron chi connectivity index (χ3n) is 6.77. The summed E-state index contributed by atoms with van der Waals surface area (Å²) in [6, 6.07) is 15.0. The van der Waals surface area contributed by atoms with Crippen LogP contribution in [0.5, 0.6) is 11.5 Å². The number of ether oxygens (including phenoxy) is 2. The maximum atomic E-state index is 13.0. The highest BCUT2D eigenvalue weighted by Gasteiger charge is 2.39. The Morgan fingerprint density at radius 3 is 2.41 bits per heavy atom. The van der Waals surface area contributed by atoms with Crippen LogP contribution in [0.15, 0.2) is 54.7 Å². The summed E-state index contributed by atoms with van der Waals surface area (Å²) >= 11 is 0. The second-order valence-electron chi connectivity index (χ2n) is 8.97. The Balaban J connectivity index is 1.31. The summed E-state index contributed by atoms with van der Waals surface area (Å²) in [6.07, 6.45) is 2.81. The summed E-state index contributed by atoms with van der Waals surface area (Å²) in [5, 5.41) is 12.9. The van der Waals surface area contributed by atoms with Crippen LogP contribution in [0.2, 0.25) is 0 Å². The van der Waals surface area contributed by atoms with Crippen molar-refractivity contribution >= 4 is 28.5 Å². The van der Waals surface area contributed by atoms with Gasteiger partial charge in [0.2, 0.25) is 11.8 Å². The Hall–Kier alpha value is -4.73. The molecule has 0 radical (unpaired) electrons. The lowest BCUT2D eigenvalue weighted by Gasteiger charge is -2.32. The number of amides is 3. The summed E-state index contributed by atoms with van der Waals surface area (Å²) in [5.74, 6) is 0.361. The average molecular weight is 498 g/mol. The Kier molecular flexibility index (Phi) is 5.36. The van der Waals surface area contributed by atoms with Crippen molar-refractivity contribution in [1.29, 1.82) is 0 Å². The maximum Gasteiger partial charge on any atom is 0.273 e. The number of piperidine rings is 1. The first-order valence-corrected chi connectivity index (χ1v) is 11.9. The molecule has 1 aromatic heterocycles. The van der Waals surface area contributed by atoms with E-state index in [9.17, 15) is 14.4 Å². The number of aromatic nitrogens is 3. The van der Waals surface area contributed by atoms with Crippen LogP contribution >= 0.6 is 0 Å². The molecule has 0 N–H and O–H groups in total. The van der Waals surface area contributed by atoms with Crippen LogP contribution in [0.4, 0.5) is 0 Å². The molecular formula is C27H23N5O5. The van der Waals surface area contributed by atoms with Crippen molar-refractivity contribution in [3.63, 3.8) is 0 Å². The Bertz CT molecular complexity index is 1580. The Labute approximate surface area is 211 Å².